The molecule has 1 rings (SSSR count). The Morgan fingerprint density at radius 3 is 2.28 bits per heavy atom. The lowest BCUT2D eigenvalue weighted by atomic mass is 9.91. The molecule has 18 heavy (non-hydrogen) atoms. The van der Waals surface area contributed by atoms with Gasteiger partial charge in [0.05, 0.1) is 0 Å². The zero-order valence-electron chi connectivity index (χ0n) is 11.9. The van der Waals surface area contributed by atoms with E-state index in [4.69, 9.17) is 5.73 Å². The average molecular weight is 277 g/mol. The van der Waals surface area contributed by atoms with Crippen molar-refractivity contribution in [2.45, 2.75) is 71.4 Å². The van der Waals surface area contributed by atoms with E-state index < -0.39 is 0 Å². The first-order valence-electron chi connectivity index (χ1n) is 7.02. The highest BCUT2D eigenvalue weighted by atomic mass is 35.5. The number of carbonyl (C=O) groups is 1. The van der Waals surface area contributed by atoms with E-state index >= 15 is 0 Å². The summed E-state index contributed by atoms with van der Waals surface area (Å²) >= 11 is 0. The van der Waals surface area contributed by atoms with Crippen molar-refractivity contribution in [2.75, 3.05) is 0 Å². The number of rotatable bonds is 5. The fourth-order valence-corrected chi connectivity index (χ4v) is 2.75. The molecule has 1 saturated carbocycles. The molecule has 0 bridgehead atoms. The lowest BCUT2D eigenvalue weighted by Crippen LogP contribution is -2.40. The molecule has 108 valence electrons. The summed E-state index contributed by atoms with van der Waals surface area (Å²) in [4.78, 5) is 11.8. The van der Waals surface area contributed by atoms with Gasteiger partial charge in [0.25, 0.3) is 0 Å². The summed E-state index contributed by atoms with van der Waals surface area (Å²) in [6.45, 7) is 6.57. The van der Waals surface area contributed by atoms with Gasteiger partial charge < -0.3 is 11.1 Å². The molecular weight excluding hydrogens is 248 g/mol. The van der Waals surface area contributed by atoms with Crippen molar-refractivity contribution >= 4 is 18.3 Å². The van der Waals surface area contributed by atoms with E-state index in [1.165, 1.54) is 0 Å². The Balaban J connectivity index is 0.00000289. The fraction of sp³-hybridized carbons (Fsp3) is 0.929. The van der Waals surface area contributed by atoms with Crippen LogP contribution in [0, 0.1) is 11.8 Å². The maximum absolute atomic E-state index is 11.8. The summed E-state index contributed by atoms with van der Waals surface area (Å²) in [7, 11) is 0. The van der Waals surface area contributed by atoms with Crippen LogP contribution in [0.3, 0.4) is 0 Å². The standard InChI is InChI=1S/C14H28N2O.ClH/c1-10(2)8-11(3)9-14(17)16-13-6-4-12(15)5-7-13;/h10-13H,4-9,15H2,1-3H3,(H,16,17);1H. The van der Waals surface area contributed by atoms with E-state index in [1.54, 1.807) is 0 Å². The molecule has 3 N–H and O–H groups in total. The third-order valence-corrected chi connectivity index (χ3v) is 3.54. The maximum atomic E-state index is 11.8. The number of amides is 1. The normalized spacial score (nSPS) is 25.4. The molecule has 0 aromatic rings. The van der Waals surface area contributed by atoms with E-state index in [9.17, 15) is 4.79 Å². The van der Waals surface area contributed by atoms with Crippen LogP contribution in [-0.2, 0) is 4.79 Å². The number of nitrogens with one attached hydrogen (secondary N) is 1. The predicted molar refractivity (Wildman–Crippen MR) is 78.9 cm³/mol. The van der Waals surface area contributed by atoms with Crippen LogP contribution in [0.25, 0.3) is 0 Å². The van der Waals surface area contributed by atoms with Gasteiger partial charge in [0.1, 0.15) is 0 Å². The third kappa shape index (κ3) is 7.22. The molecule has 0 saturated heterocycles. The van der Waals surface area contributed by atoms with Crippen LogP contribution in [0.15, 0.2) is 0 Å². The van der Waals surface area contributed by atoms with Gasteiger partial charge in [-0.15, -0.1) is 12.4 Å². The Morgan fingerprint density at radius 1 is 1.22 bits per heavy atom. The predicted octanol–water partition coefficient (Wildman–Crippen LogP) is 2.87. The minimum absolute atomic E-state index is 0. The molecule has 0 aromatic heterocycles. The van der Waals surface area contributed by atoms with Gasteiger partial charge in [-0.2, -0.15) is 0 Å². The van der Waals surface area contributed by atoms with Crippen LogP contribution in [0.5, 0.6) is 0 Å². The van der Waals surface area contributed by atoms with Gasteiger partial charge in [-0.25, -0.2) is 0 Å². The summed E-state index contributed by atoms with van der Waals surface area (Å²) < 4.78 is 0. The molecule has 1 amide bonds. The number of halogens is 1. The van der Waals surface area contributed by atoms with Gasteiger partial charge in [-0.1, -0.05) is 20.8 Å². The number of carbonyl (C=O) groups excluding carboxylic acids is 1. The summed E-state index contributed by atoms with van der Waals surface area (Å²) in [6.07, 6.45) is 5.99. The summed E-state index contributed by atoms with van der Waals surface area (Å²) in [5.74, 6) is 1.38. The van der Waals surface area contributed by atoms with Crippen molar-refractivity contribution in [3.05, 3.63) is 0 Å². The summed E-state index contributed by atoms with van der Waals surface area (Å²) in [5.41, 5.74) is 5.85. The lowest BCUT2D eigenvalue weighted by molar-refractivity contribution is -0.122. The van der Waals surface area contributed by atoms with Crippen LogP contribution in [0.4, 0.5) is 0 Å². The third-order valence-electron chi connectivity index (χ3n) is 3.54. The van der Waals surface area contributed by atoms with E-state index in [-0.39, 0.29) is 18.3 Å². The molecule has 1 unspecified atom stereocenters. The molecule has 1 atom stereocenters. The molecule has 1 fully saturated rings. The second kappa shape index (κ2) is 8.76. The van der Waals surface area contributed by atoms with Crippen LogP contribution in [-0.4, -0.2) is 18.0 Å². The average Bonchev–Trinajstić information content (AvgIpc) is 2.19. The minimum Gasteiger partial charge on any atom is -0.353 e. The Morgan fingerprint density at radius 2 is 1.78 bits per heavy atom. The Labute approximate surface area is 118 Å². The Bertz CT molecular complexity index is 238. The molecular formula is C14H29ClN2O. The van der Waals surface area contributed by atoms with Gasteiger partial charge in [-0.3, -0.25) is 4.79 Å². The van der Waals surface area contributed by atoms with Crippen molar-refractivity contribution in [1.29, 1.82) is 0 Å². The van der Waals surface area contributed by atoms with Crippen molar-refractivity contribution < 1.29 is 4.79 Å². The largest absolute Gasteiger partial charge is 0.353 e. The summed E-state index contributed by atoms with van der Waals surface area (Å²) in [6, 6.07) is 0.719. The van der Waals surface area contributed by atoms with Gasteiger partial charge in [0, 0.05) is 18.5 Å². The maximum Gasteiger partial charge on any atom is 0.220 e. The van der Waals surface area contributed by atoms with Crippen LogP contribution in [0.1, 0.15) is 59.3 Å². The second-order valence-electron chi connectivity index (χ2n) is 6.12. The van der Waals surface area contributed by atoms with Crippen molar-refractivity contribution in [1.82, 2.24) is 5.32 Å². The first-order valence-corrected chi connectivity index (χ1v) is 7.02. The highest BCUT2D eigenvalue weighted by Gasteiger charge is 2.20. The van der Waals surface area contributed by atoms with Crippen LogP contribution < -0.4 is 11.1 Å². The highest BCUT2D eigenvalue weighted by Crippen LogP contribution is 2.18. The molecule has 0 radical (unpaired) electrons. The topological polar surface area (TPSA) is 55.1 Å². The van der Waals surface area contributed by atoms with Crippen molar-refractivity contribution in [3.63, 3.8) is 0 Å². The first kappa shape index (κ1) is 17.7. The fourth-order valence-electron chi connectivity index (χ4n) is 2.75. The number of nitrogens with two attached hydrogens (primary N) is 1. The number of hydrogen-bond donors (Lipinski definition) is 2. The molecule has 0 aliphatic heterocycles. The van der Waals surface area contributed by atoms with Gasteiger partial charge in [-0.05, 0) is 43.9 Å². The molecule has 0 spiro atoms. The van der Waals surface area contributed by atoms with Crippen LogP contribution in [0.2, 0.25) is 0 Å². The quantitative estimate of drug-likeness (QED) is 0.811. The Hall–Kier alpha value is -0.280. The van der Waals surface area contributed by atoms with Crippen molar-refractivity contribution in [3.8, 4) is 0 Å². The molecule has 1 aliphatic rings. The van der Waals surface area contributed by atoms with E-state index in [0.717, 1.165) is 32.1 Å². The molecule has 3 nitrogen and oxygen atoms in total. The molecule has 4 heteroatoms. The monoisotopic (exact) mass is 276 g/mol. The minimum atomic E-state index is 0. The van der Waals surface area contributed by atoms with E-state index in [0.29, 0.717) is 30.3 Å². The van der Waals surface area contributed by atoms with Gasteiger partial charge in [0.15, 0.2) is 0 Å². The first-order chi connectivity index (χ1) is 7.97. The van der Waals surface area contributed by atoms with E-state index in [1.807, 2.05) is 0 Å². The number of hydrogen-bond acceptors (Lipinski definition) is 2. The summed E-state index contributed by atoms with van der Waals surface area (Å²) in [5, 5.41) is 3.15. The molecule has 0 heterocycles. The van der Waals surface area contributed by atoms with Gasteiger partial charge in [0.2, 0.25) is 5.91 Å². The zero-order chi connectivity index (χ0) is 12.8. The Kier molecular flexibility index (Phi) is 8.62. The second-order valence-corrected chi connectivity index (χ2v) is 6.12. The van der Waals surface area contributed by atoms with E-state index in [2.05, 4.69) is 26.1 Å². The SMILES string of the molecule is CC(C)CC(C)CC(=O)NC1CCC(N)CC1.Cl. The lowest BCUT2D eigenvalue weighted by Gasteiger charge is -2.27. The zero-order valence-corrected chi connectivity index (χ0v) is 12.8. The highest BCUT2D eigenvalue weighted by molar-refractivity contribution is 5.85. The molecule has 0 aromatic carbocycles. The van der Waals surface area contributed by atoms with Crippen molar-refractivity contribution in [2.24, 2.45) is 17.6 Å². The van der Waals surface area contributed by atoms with Gasteiger partial charge >= 0.3 is 0 Å². The van der Waals surface area contributed by atoms with Crippen LogP contribution >= 0.6 is 12.4 Å². The molecule has 1 aliphatic carbocycles. The smallest absolute Gasteiger partial charge is 0.220 e.